The van der Waals surface area contributed by atoms with Crippen LogP contribution < -0.4 is 15.9 Å². The van der Waals surface area contributed by atoms with Crippen molar-refractivity contribution in [3.63, 3.8) is 0 Å². The molecule has 0 radical (unpaired) electrons. The lowest BCUT2D eigenvalue weighted by molar-refractivity contribution is -0.122. The van der Waals surface area contributed by atoms with Crippen LogP contribution in [-0.4, -0.2) is 34.0 Å². The molecule has 7 nitrogen and oxygen atoms in total. The molecule has 7 heteroatoms. The molecule has 0 saturated carbocycles. The van der Waals surface area contributed by atoms with Crippen molar-refractivity contribution in [1.82, 2.24) is 14.9 Å². The van der Waals surface area contributed by atoms with Gasteiger partial charge in [-0.25, -0.2) is 4.79 Å². The Balaban J connectivity index is 1.57. The molecule has 1 atom stereocenters. The summed E-state index contributed by atoms with van der Waals surface area (Å²) < 4.78 is 1.49. The largest absolute Gasteiger partial charge is 0.351 e. The van der Waals surface area contributed by atoms with E-state index in [0.717, 1.165) is 16.9 Å². The topological polar surface area (TPSA) is 84.3 Å². The number of hydrogen-bond donors (Lipinski definition) is 1. The Morgan fingerprint density at radius 1 is 1.19 bits per heavy atom. The molecule has 0 unspecified atom stereocenters. The van der Waals surface area contributed by atoms with Gasteiger partial charge < -0.3 is 10.2 Å². The van der Waals surface area contributed by atoms with Crippen molar-refractivity contribution < 1.29 is 9.59 Å². The third-order valence-corrected chi connectivity index (χ3v) is 4.74. The Kier molecular flexibility index (Phi) is 5.39. The molecule has 1 fully saturated rings. The molecule has 1 N–H and O–H groups in total. The van der Waals surface area contributed by atoms with E-state index < -0.39 is 0 Å². The zero-order chi connectivity index (χ0) is 19.6. The van der Waals surface area contributed by atoms with Gasteiger partial charge in [0.2, 0.25) is 11.8 Å². The molecule has 1 aliphatic rings. The van der Waals surface area contributed by atoms with E-state index in [1.807, 2.05) is 44.2 Å². The first-order valence-electron chi connectivity index (χ1n) is 9.05. The van der Waals surface area contributed by atoms with Gasteiger partial charge in [-0.1, -0.05) is 17.7 Å². The summed E-state index contributed by atoms with van der Waals surface area (Å²) in [5.74, 6) is -0.176. The van der Waals surface area contributed by atoms with Gasteiger partial charge in [0.1, 0.15) is 0 Å². The summed E-state index contributed by atoms with van der Waals surface area (Å²) in [4.78, 5) is 42.1. The molecule has 3 rings (SSSR count). The summed E-state index contributed by atoms with van der Waals surface area (Å²) in [6.07, 6.45) is 0.450. The Morgan fingerprint density at radius 2 is 1.89 bits per heavy atom. The fraction of sp³-hybridized carbons (Fsp3) is 0.400. The van der Waals surface area contributed by atoms with Crippen LogP contribution in [0.3, 0.4) is 0 Å². The second-order valence-corrected chi connectivity index (χ2v) is 7.03. The molecule has 2 amide bonds. The molecule has 142 valence electrons. The van der Waals surface area contributed by atoms with Gasteiger partial charge >= 0.3 is 5.69 Å². The minimum Gasteiger partial charge on any atom is -0.351 e. The van der Waals surface area contributed by atoms with E-state index in [-0.39, 0.29) is 42.9 Å². The number of nitrogens with one attached hydrogen (secondary N) is 1. The Hall–Kier alpha value is -2.96. The second-order valence-electron chi connectivity index (χ2n) is 7.03. The number of aromatic nitrogens is 2. The summed E-state index contributed by atoms with van der Waals surface area (Å²) in [6.45, 7) is 6.31. The first-order valence-corrected chi connectivity index (χ1v) is 9.05. The molecule has 1 aliphatic heterocycles. The first-order chi connectivity index (χ1) is 12.8. The molecule has 2 heterocycles. The smallest absolute Gasteiger partial charge is 0.347 e. The molecule has 1 aromatic carbocycles. The fourth-order valence-corrected chi connectivity index (χ4v) is 3.34. The summed E-state index contributed by atoms with van der Waals surface area (Å²) >= 11 is 0. The Morgan fingerprint density at radius 3 is 2.56 bits per heavy atom. The summed E-state index contributed by atoms with van der Waals surface area (Å²) in [5, 5.41) is 2.90. The number of benzene rings is 1. The molecule has 0 bridgehead atoms. The maximum absolute atomic E-state index is 12.3. The van der Waals surface area contributed by atoms with Crippen molar-refractivity contribution in [3.05, 3.63) is 57.8 Å². The lowest BCUT2D eigenvalue weighted by Crippen LogP contribution is -2.38. The van der Waals surface area contributed by atoms with Crippen LogP contribution in [0.5, 0.6) is 0 Å². The van der Waals surface area contributed by atoms with Crippen molar-refractivity contribution in [2.24, 2.45) is 0 Å². The van der Waals surface area contributed by atoms with Gasteiger partial charge in [0.25, 0.3) is 0 Å². The van der Waals surface area contributed by atoms with Crippen molar-refractivity contribution in [2.45, 2.75) is 46.2 Å². The summed E-state index contributed by atoms with van der Waals surface area (Å²) in [5.41, 5.74) is 3.07. The van der Waals surface area contributed by atoms with Gasteiger partial charge in [-0.15, -0.1) is 0 Å². The number of hydrogen-bond acceptors (Lipinski definition) is 4. The van der Waals surface area contributed by atoms with E-state index >= 15 is 0 Å². The lowest BCUT2D eigenvalue weighted by Gasteiger charge is -2.17. The quantitative estimate of drug-likeness (QED) is 0.866. The number of nitrogens with zero attached hydrogens (tertiary/aromatic N) is 3. The van der Waals surface area contributed by atoms with E-state index in [9.17, 15) is 14.4 Å². The van der Waals surface area contributed by atoms with Gasteiger partial charge in [0, 0.05) is 43.0 Å². The number of anilines is 1. The first kappa shape index (κ1) is 18.8. The average molecular weight is 368 g/mol. The monoisotopic (exact) mass is 368 g/mol. The van der Waals surface area contributed by atoms with Gasteiger partial charge in [0.15, 0.2) is 0 Å². The lowest BCUT2D eigenvalue weighted by atomic mass is 10.2. The van der Waals surface area contributed by atoms with Crippen LogP contribution >= 0.6 is 0 Å². The molecule has 1 aromatic heterocycles. The van der Waals surface area contributed by atoms with Crippen LogP contribution in [0.1, 0.15) is 29.8 Å². The number of rotatable bonds is 5. The van der Waals surface area contributed by atoms with Gasteiger partial charge in [0.05, 0.1) is 6.04 Å². The predicted molar refractivity (Wildman–Crippen MR) is 103 cm³/mol. The molecule has 0 aliphatic carbocycles. The summed E-state index contributed by atoms with van der Waals surface area (Å²) in [6, 6.07) is 9.34. The van der Waals surface area contributed by atoms with E-state index in [4.69, 9.17) is 0 Å². The zero-order valence-corrected chi connectivity index (χ0v) is 15.9. The third kappa shape index (κ3) is 4.42. The number of carbonyl (C=O) groups is 2. The Labute approximate surface area is 158 Å². The predicted octanol–water partition coefficient (Wildman–Crippen LogP) is 1.48. The van der Waals surface area contributed by atoms with Gasteiger partial charge in [-0.3, -0.25) is 14.2 Å². The number of amides is 2. The standard InChI is InChI=1S/C20H24N4O3/c1-13-4-6-17(7-5-13)24-12-16(11-19(24)26)22-18(25)8-9-23-15(3)10-14(2)21-20(23)27/h4-7,10,16H,8-9,11-12H2,1-3H3,(H,22,25)/t16-/m1/s1. The minimum atomic E-state index is -0.345. The van der Waals surface area contributed by atoms with E-state index in [1.54, 1.807) is 11.8 Å². The second kappa shape index (κ2) is 7.73. The van der Waals surface area contributed by atoms with Gasteiger partial charge in [-0.2, -0.15) is 4.98 Å². The zero-order valence-electron chi connectivity index (χ0n) is 15.9. The van der Waals surface area contributed by atoms with E-state index in [1.165, 1.54) is 4.57 Å². The SMILES string of the molecule is Cc1ccc(N2C[C@H](NC(=O)CCn3c(C)cc(C)nc3=O)CC2=O)cc1. The molecule has 0 spiro atoms. The van der Waals surface area contributed by atoms with Crippen molar-refractivity contribution in [1.29, 1.82) is 0 Å². The van der Waals surface area contributed by atoms with Crippen LogP contribution in [0.2, 0.25) is 0 Å². The maximum Gasteiger partial charge on any atom is 0.347 e. The van der Waals surface area contributed by atoms with Crippen LogP contribution in [0.15, 0.2) is 35.1 Å². The highest BCUT2D eigenvalue weighted by Gasteiger charge is 2.31. The average Bonchev–Trinajstić information content (AvgIpc) is 2.94. The molecular formula is C20H24N4O3. The van der Waals surface area contributed by atoms with Crippen LogP contribution in [0.25, 0.3) is 0 Å². The molecule has 2 aromatic rings. The fourth-order valence-electron chi connectivity index (χ4n) is 3.34. The number of aryl methyl sites for hydroxylation is 3. The van der Waals surface area contributed by atoms with Gasteiger partial charge in [-0.05, 0) is 39.0 Å². The highest BCUT2D eigenvalue weighted by molar-refractivity contribution is 5.96. The summed E-state index contributed by atoms with van der Waals surface area (Å²) in [7, 11) is 0. The molecular weight excluding hydrogens is 344 g/mol. The van der Waals surface area contributed by atoms with Crippen molar-refractivity contribution >= 4 is 17.5 Å². The molecule has 1 saturated heterocycles. The molecule has 27 heavy (non-hydrogen) atoms. The Bertz CT molecular complexity index is 918. The van der Waals surface area contributed by atoms with Crippen molar-refractivity contribution in [3.8, 4) is 0 Å². The highest BCUT2D eigenvalue weighted by Crippen LogP contribution is 2.22. The number of carbonyl (C=O) groups excluding carboxylic acids is 2. The van der Waals surface area contributed by atoms with Crippen LogP contribution in [0.4, 0.5) is 5.69 Å². The van der Waals surface area contributed by atoms with Crippen molar-refractivity contribution in [2.75, 3.05) is 11.4 Å². The van der Waals surface area contributed by atoms with Crippen LogP contribution in [-0.2, 0) is 16.1 Å². The van der Waals surface area contributed by atoms with E-state index in [0.29, 0.717) is 12.2 Å². The normalized spacial score (nSPS) is 16.6. The minimum absolute atomic E-state index is 0.000971. The highest BCUT2D eigenvalue weighted by atomic mass is 16.2. The third-order valence-electron chi connectivity index (χ3n) is 4.74. The maximum atomic E-state index is 12.3. The van der Waals surface area contributed by atoms with Crippen LogP contribution in [0, 0.1) is 20.8 Å². The van der Waals surface area contributed by atoms with E-state index in [2.05, 4.69) is 10.3 Å².